The zero-order valence-electron chi connectivity index (χ0n) is 13.7. The first-order valence-electron chi connectivity index (χ1n) is 8.16. The van der Waals surface area contributed by atoms with Crippen LogP contribution in [0.5, 0.6) is 0 Å². The summed E-state index contributed by atoms with van der Waals surface area (Å²) in [6.45, 7) is 2.61. The van der Waals surface area contributed by atoms with Gasteiger partial charge >= 0.3 is 0 Å². The Kier molecular flexibility index (Phi) is 4.39. The monoisotopic (exact) mass is 380 g/mol. The minimum Gasteiger partial charge on any atom is -0.347 e. The van der Waals surface area contributed by atoms with Gasteiger partial charge in [-0.15, -0.1) is 0 Å². The van der Waals surface area contributed by atoms with Gasteiger partial charge in [-0.3, -0.25) is 30.1 Å². The molecule has 0 aliphatic carbocycles. The summed E-state index contributed by atoms with van der Waals surface area (Å²) in [7, 11) is 0. The Bertz CT molecular complexity index is 785. The highest BCUT2D eigenvalue weighted by Gasteiger charge is 2.42. The van der Waals surface area contributed by atoms with E-state index in [-0.39, 0.29) is 16.9 Å². The van der Waals surface area contributed by atoms with Gasteiger partial charge in [0.25, 0.3) is 11.4 Å². The van der Waals surface area contributed by atoms with Gasteiger partial charge < -0.3 is 9.47 Å². The molecule has 2 saturated heterocycles. The second kappa shape index (κ2) is 6.58. The Labute approximate surface area is 152 Å². The molecule has 0 radical (unpaired) electrons. The third kappa shape index (κ3) is 3.07. The molecule has 0 amide bonds. The fraction of sp³-hybridized carbons (Fsp3) is 0.533. The van der Waals surface area contributed by atoms with Crippen LogP contribution in [0.1, 0.15) is 18.4 Å². The lowest BCUT2D eigenvalue weighted by Gasteiger charge is -2.40. The number of nitrogens with zero attached hydrogens (tertiary/aromatic N) is 4. The van der Waals surface area contributed by atoms with Gasteiger partial charge in [-0.05, 0) is 0 Å². The van der Waals surface area contributed by atoms with Crippen LogP contribution in [0.15, 0.2) is 22.0 Å². The number of non-ortho nitro benzene ring substituents is 1. The van der Waals surface area contributed by atoms with Crippen LogP contribution < -0.4 is 0 Å². The minimum atomic E-state index is -0.635. The predicted octanol–water partition coefficient (Wildman–Crippen LogP) is 2.15. The van der Waals surface area contributed by atoms with Crippen molar-refractivity contribution >= 4 is 29.4 Å². The molecular formula is C15H16N4O6S. The zero-order chi connectivity index (χ0) is 18.3. The molecule has 26 heavy (non-hydrogen) atoms. The van der Waals surface area contributed by atoms with Crippen LogP contribution in [-0.4, -0.2) is 58.5 Å². The highest BCUT2D eigenvalue weighted by molar-refractivity contribution is 8.00. The summed E-state index contributed by atoms with van der Waals surface area (Å²) >= 11 is 1.25. The van der Waals surface area contributed by atoms with Gasteiger partial charge in [0, 0.05) is 43.8 Å². The summed E-state index contributed by atoms with van der Waals surface area (Å²) < 4.78 is 11.4. The first kappa shape index (κ1) is 17.3. The molecule has 138 valence electrons. The number of rotatable bonds is 3. The Balaban J connectivity index is 1.55. The highest BCUT2D eigenvalue weighted by atomic mass is 32.2. The number of likely N-dealkylation sites (tertiary alicyclic amines) is 1. The van der Waals surface area contributed by atoms with Gasteiger partial charge in [0.2, 0.25) is 0 Å². The van der Waals surface area contributed by atoms with Crippen LogP contribution in [0.2, 0.25) is 0 Å². The molecule has 2 fully saturated rings. The molecule has 0 N–H and O–H groups in total. The Morgan fingerprint density at radius 1 is 1.15 bits per heavy atom. The maximum absolute atomic E-state index is 11.4. The van der Waals surface area contributed by atoms with Crippen LogP contribution >= 0.6 is 11.8 Å². The third-order valence-corrected chi connectivity index (χ3v) is 6.05. The van der Waals surface area contributed by atoms with E-state index in [4.69, 9.17) is 9.47 Å². The molecule has 1 aromatic rings. The number of aliphatic imine (C=N–C) groups is 1. The summed E-state index contributed by atoms with van der Waals surface area (Å²) in [4.78, 5) is 28.1. The molecule has 3 aliphatic rings. The number of piperidine rings is 1. The van der Waals surface area contributed by atoms with Crippen molar-refractivity contribution < 1.29 is 19.3 Å². The molecule has 4 rings (SSSR count). The van der Waals surface area contributed by atoms with Crippen LogP contribution in [0.4, 0.5) is 11.4 Å². The Hall–Kier alpha value is -2.08. The first-order valence-corrected chi connectivity index (χ1v) is 9.04. The predicted molar refractivity (Wildman–Crippen MR) is 92.4 cm³/mol. The van der Waals surface area contributed by atoms with Crippen molar-refractivity contribution in [2.24, 2.45) is 4.99 Å². The fourth-order valence-electron chi connectivity index (χ4n) is 3.41. The highest BCUT2D eigenvalue weighted by Crippen LogP contribution is 2.42. The number of benzene rings is 1. The molecule has 11 heteroatoms. The number of hydrogen-bond donors (Lipinski definition) is 0. The molecule has 3 heterocycles. The van der Waals surface area contributed by atoms with E-state index in [2.05, 4.69) is 9.89 Å². The summed E-state index contributed by atoms with van der Waals surface area (Å²) in [5.74, 6) is -0.496. The number of nitro groups is 2. The van der Waals surface area contributed by atoms with Crippen molar-refractivity contribution in [1.82, 2.24) is 4.90 Å². The van der Waals surface area contributed by atoms with E-state index in [0.717, 1.165) is 18.9 Å². The van der Waals surface area contributed by atoms with E-state index in [9.17, 15) is 20.2 Å². The number of ether oxygens (including phenoxy) is 2. The van der Waals surface area contributed by atoms with Crippen molar-refractivity contribution in [2.75, 3.05) is 26.3 Å². The molecule has 3 aliphatic heterocycles. The zero-order valence-corrected chi connectivity index (χ0v) is 14.5. The van der Waals surface area contributed by atoms with Crippen molar-refractivity contribution in [2.45, 2.75) is 29.0 Å². The van der Waals surface area contributed by atoms with Crippen LogP contribution in [-0.2, 0) is 9.47 Å². The van der Waals surface area contributed by atoms with Crippen LogP contribution in [0.3, 0.4) is 0 Å². The quantitative estimate of drug-likeness (QED) is 0.578. The Morgan fingerprint density at radius 2 is 1.85 bits per heavy atom. The summed E-state index contributed by atoms with van der Waals surface area (Å²) in [6.07, 6.45) is 2.92. The molecule has 0 saturated carbocycles. The Morgan fingerprint density at radius 3 is 2.46 bits per heavy atom. The normalized spacial score (nSPS) is 24.5. The molecule has 10 nitrogen and oxygen atoms in total. The van der Waals surface area contributed by atoms with E-state index in [1.165, 1.54) is 24.0 Å². The topological polar surface area (TPSA) is 120 Å². The number of hydrogen-bond acceptors (Lipinski definition) is 9. The number of thioether (sulfide) groups is 1. The van der Waals surface area contributed by atoms with Crippen molar-refractivity contribution in [3.05, 3.63) is 37.9 Å². The van der Waals surface area contributed by atoms with E-state index in [1.54, 1.807) is 0 Å². The number of fused-ring (bicyclic) bond motifs is 1. The van der Waals surface area contributed by atoms with Gasteiger partial charge in [0.15, 0.2) is 11.3 Å². The van der Waals surface area contributed by atoms with Crippen molar-refractivity contribution in [1.29, 1.82) is 0 Å². The smallest absolute Gasteiger partial charge is 0.290 e. The molecular weight excluding hydrogens is 364 g/mol. The lowest BCUT2D eigenvalue weighted by atomic mass is 10.0. The largest absolute Gasteiger partial charge is 0.347 e. The van der Waals surface area contributed by atoms with Gasteiger partial charge in [-0.2, -0.15) is 0 Å². The van der Waals surface area contributed by atoms with E-state index in [1.807, 2.05) is 0 Å². The van der Waals surface area contributed by atoms with E-state index >= 15 is 0 Å². The van der Waals surface area contributed by atoms with Crippen molar-refractivity contribution in [3.63, 3.8) is 0 Å². The van der Waals surface area contributed by atoms with E-state index < -0.39 is 15.6 Å². The number of nitro benzene ring substituents is 2. The molecule has 1 unspecified atom stereocenters. The molecule has 1 spiro atoms. The maximum Gasteiger partial charge on any atom is 0.290 e. The lowest BCUT2D eigenvalue weighted by molar-refractivity contribution is -0.396. The SMILES string of the molecule is O=[N+]([O-])c1cc2c(c([N+](=O)[O-])c1)SC(N1CCC3(CC1)OCCO3)N=C2. The molecule has 0 bridgehead atoms. The van der Waals surface area contributed by atoms with E-state index in [0.29, 0.717) is 36.8 Å². The second-order valence-corrected chi connectivity index (χ2v) is 7.33. The van der Waals surface area contributed by atoms with Gasteiger partial charge in [0.1, 0.15) is 0 Å². The molecule has 0 aromatic heterocycles. The fourth-order valence-corrected chi connectivity index (χ4v) is 4.60. The summed E-state index contributed by atoms with van der Waals surface area (Å²) in [6, 6.07) is 2.33. The second-order valence-electron chi connectivity index (χ2n) is 6.26. The molecule has 1 atom stereocenters. The van der Waals surface area contributed by atoms with Gasteiger partial charge in [0.05, 0.1) is 34.0 Å². The standard InChI is InChI=1S/C15H16N4O6S/c20-18(21)11-7-10-9-16-14(26-13(10)12(8-11)19(22)23)17-3-1-15(2-4-17)24-5-6-25-15/h7-9,14H,1-6H2. The van der Waals surface area contributed by atoms with Crippen molar-refractivity contribution in [3.8, 4) is 0 Å². The van der Waals surface area contributed by atoms with Gasteiger partial charge in [-0.25, -0.2) is 0 Å². The van der Waals surface area contributed by atoms with Gasteiger partial charge in [-0.1, -0.05) is 11.8 Å². The summed E-state index contributed by atoms with van der Waals surface area (Å²) in [5.41, 5.74) is -0.466. The average molecular weight is 380 g/mol. The first-order chi connectivity index (χ1) is 12.5. The molecule has 1 aromatic carbocycles. The van der Waals surface area contributed by atoms with Crippen LogP contribution in [0.25, 0.3) is 0 Å². The summed E-state index contributed by atoms with van der Waals surface area (Å²) in [5, 5.41) is 22.4. The third-order valence-electron chi connectivity index (χ3n) is 4.74. The maximum atomic E-state index is 11.4. The minimum absolute atomic E-state index is 0.258. The van der Waals surface area contributed by atoms with Crippen LogP contribution in [0, 0.1) is 20.2 Å². The average Bonchev–Trinajstić information content (AvgIpc) is 3.08. The lowest BCUT2D eigenvalue weighted by Crippen LogP contribution is -2.47.